The van der Waals surface area contributed by atoms with Gasteiger partial charge in [-0.05, 0) is 6.08 Å². The quantitative estimate of drug-likeness (QED) is 0.403. The molecule has 0 aromatic heterocycles. The van der Waals surface area contributed by atoms with Crippen LogP contribution in [0.3, 0.4) is 0 Å². The van der Waals surface area contributed by atoms with Gasteiger partial charge >= 0.3 is 0 Å². The lowest BCUT2D eigenvalue weighted by Crippen LogP contribution is -2.08. The molecular weight excluding hydrogens is 138 g/mol. The zero-order valence-corrected chi connectivity index (χ0v) is 5.64. The number of hydrogen-bond donors (Lipinski definition) is 0. The van der Waals surface area contributed by atoms with Crippen molar-refractivity contribution in [1.29, 1.82) is 0 Å². The summed E-state index contributed by atoms with van der Waals surface area (Å²) in [6.45, 7) is 0.417. The summed E-state index contributed by atoms with van der Waals surface area (Å²) in [6.07, 6.45) is 5.05. The van der Waals surface area contributed by atoms with Crippen molar-refractivity contribution in [1.82, 2.24) is 0 Å². The first-order chi connectivity index (χ1) is 4.33. The van der Waals surface area contributed by atoms with E-state index in [2.05, 4.69) is 0 Å². The van der Waals surface area contributed by atoms with Gasteiger partial charge in [-0.25, -0.2) is 0 Å². The molecule has 48 valence electrons. The Hall–Kier alpha value is -0.630. The molecule has 3 heteroatoms. The third-order valence-electron chi connectivity index (χ3n) is 1.11. The van der Waals surface area contributed by atoms with Crippen molar-refractivity contribution in [3.05, 3.63) is 28.8 Å². The van der Waals surface area contributed by atoms with Gasteiger partial charge in [-0.1, -0.05) is 0 Å². The van der Waals surface area contributed by atoms with E-state index >= 15 is 0 Å². The zero-order chi connectivity index (χ0) is 6.69. The molecule has 9 heavy (non-hydrogen) atoms. The van der Waals surface area contributed by atoms with Crippen LogP contribution in [0.1, 0.15) is 0 Å². The van der Waals surface area contributed by atoms with Crippen LogP contribution in [0.25, 0.3) is 0 Å². The lowest BCUT2D eigenvalue weighted by Gasteiger charge is -1.95. The summed E-state index contributed by atoms with van der Waals surface area (Å²) in [7, 11) is 0. The minimum atomic E-state index is 0.417. The van der Waals surface area contributed by atoms with E-state index in [1.165, 1.54) is 6.20 Å². The van der Waals surface area contributed by atoms with E-state index < -0.39 is 0 Å². The number of hydrogen-bond acceptors (Lipinski definition) is 1. The van der Waals surface area contributed by atoms with Gasteiger partial charge in [0, 0.05) is 27.2 Å². The molecule has 0 aromatic carbocycles. The normalized spacial score (nSPS) is 17.9. The first-order valence-corrected chi connectivity index (χ1v) is 3.22. The lowest BCUT2D eigenvalue weighted by molar-refractivity contribution is -0.471. The van der Waals surface area contributed by atoms with Gasteiger partial charge in [0.25, 0.3) is 0 Å². The zero-order valence-electron chi connectivity index (χ0n) is 4.88. The van der Waals surface area contributed by atoms with Crippen molar-refractivity contribution in [2.75, 3.05) is 12.4 Å². The van der Waals surface area contributed by atoms with Gasteiger partial charge in [-0.3, -0.25) is 0 Å². The number of nitroso groups, excluding NO2 is 1. The molecule has 1 heterocycles. The van der Waals surface area contributed by atoms with Crippen LogP contribution in [-0.2, 0) is 0 Å². The summed E-state index contributed by atoms with van der Waals surface area (Å²) in [5.41, 5.74) is 0.967. The highest BCUT2D eigenvalue weighted by Gasteiger charge is 2.10. The maximum absolute atomic E-state index is 10.6. The van der Waals surface area contributed by atoms with Crippen LogP contribution in [0, 0.1) is 4.91 Å². The predicted molar refractivity (Wildman–Crippen MR) is 36.4 cm³/mol. The predicted octanol–water partition coefficient (Wildman–Crippen LogP) is 1.46. The highest BCUT2D eigenvalue weighted by Crippen LogP contribution is 2.03. The van der Waals surface area contributed by atoms with Crippen molar-refractivity contribution < 1.29 is 4.76 Å². The van der Waals surface area contributed by atoms with Crippen molar-refractivity contribution >= 4 is 11.6 Å². The van der Waals surface area contributed by atoms with Gasteiger partial charge in [-0.15, -0.1) is 11.6 Å². The highest BCUT2D eigenvalue weighted by atomic mass is 35.5. The molecule has 1 aliphatic heterocycles. The van der Waals surface area contributed by atoms with Crippen molar-refractivity contribution in [3.63, 3.8) is 0 Å². The number of nitrogens with zero attached hydrogens (tertiary/aromatic N) is 1. The average molecular weight is 145 g/mol. The number of allylic oxidation sites excluding steroid dienone is 2. The SMILES string of the molecule is O=[N+]1C=CC=C(CCl)C1. The maximum Gasteiger partial charge on any atom is 0.221 e. The molecule has 1 rings (SSSR count). The van der Waals surface area contributed by atoms with E-state index in [4.69, 9.17) is 11.6 Å². The van der Waals surface area contributed by atoms with Crippen LogP contribution in [0.2, 0.25) is 0 Å². The van der Waals surface area contributed by atoms with Crippen LogP contribution in [0.5, 0.6) is 0 Å². The Morgan fingerprint density at radius 1 is 1.78 bits per heavy atom. The fourth-order valence-electron chi connectivity index (χ4n) is 0.667. The van der Waals surface area contributed by atoms with Gasteiger partial charge in [0.2, 0.25) is 12.7 Å². The molecule has 0 saturated heterocycles. The van der Waals surface area contributed by atoms with E-state index in [0.29, 0.717) is 12.4 Å². The second kappa shape index (κ2) is 2.78. The smallest absolute Gasteiger partial charge is 0.122 e. The second-order valence-corrected chi connectivity index (χ2v) is 2.14. The largest absolute Gasteiger partial charge is 0.221 e. The molecule has 0 N–H and O–H groups in total. The molecule has 1 aliphatic rings. The number of rotatable bonds is 1. The molecule has 0 aliphatic carbocycles. The first-order valence-electron chi connectivity index (χ1n) is 2.69. The summed E-state index contributed by atoms with van der Waals surface area (Å²) < 4.78 is 0.859. The molecule has 0 radical (unpaired) electrons. The molecular formula is C6H7ClNO+. The Morgan fingerprint density at radius 2 is 2.56 bits per heavy atom. The van der Waals surface area contributed by atoms with Crippen molar-refractivity contribution in [2.45, 2.75) is 0 Å². The van der Waals surface area contributed by atoms with E-state index in [0.717, 1.165) is 10.3 Å². The molecule has 0 spiro atoms. The maximum atomic E-state index is 10.6. The van der Waals surface area contributed by atoms with Crippen LogP contribution in [0.15, 0.2) is 23.9 Å². The third-order valence-corrected chi connectivity index (χ3v) is 1.46. The molecule has 0 aromatic rings. The van der Waals surface area contributed by atoms with E-state index in [1.54, 1.807) is 6.08 Å². The Morgan fingerprint density at radius 3 is 3.00 bits per heavy atom. The summed E-state index contributed by atoms with van der Waals surface area (Å²) in [6, 6.07) is 0. The summed E-state index contributed by atoms with van der Waals surface area (Å²) >= 11 is 5.48. The van der Waals surface area contributed by atoms with Crippen LogP contribution >= 0.6 is 11.6 Å². The summed E-state index contributed by atoms with van der Waals surface area (Å²) in [4.78, 5) is 10.6. The van der Waals surface area contributed by atoms with Gasteiger partial charge in [0.15, 0.2) is 0 Å². The van der Waals surface area contributed by atoms with E-state index in [1.807, 2.05) is 6.08 Å². The van der Waals surface area contributed by atoms with E-state index in [9.17, 15) is 4.91 Å². The minimum absolute atomic E-state index is 0.417. The fraction of sp³-hybridized carbons (Fsp3) is 0.333. The fourth-order valence-corrected chi connectivity index (χ4v) is 0.841. The van der Waals surface area contributed by atoms with Gasteiger partial charge in [-0.2, -0.15) is 0 Å². The third kappa shape index (κ3) is 1.64. The monoisotopic (exact) mass is 144 g/mol. The standard InChI is InChI=1S/C6H7ClNO/c7-4-6-2-1-3-8(9)5-6/h1-3H,4-5H2/q+1. The molecule has 0 unspecified atom stereocenters. The Kier molecular flexibility index (Phi) is 2.01. The molecule has 2 nitrogen and oxygen atoms in total. The first kappa shape index (κ1) is 6.49. The van der Waals surface area contributed by atoms with Gasteiger partial charge in [0.1, 0.15) is 0 Å². The van der Waals surface area contributed by atoms with Crippen LogP contribution < -0.4 is 0 Å². The number of halogens is 1. The molecule has 0 bridgehead atoms. The molecule has 0 saturated carbocycles. The van der Waals surface area contributed by atoms with Crippen molar-refractivity contribution in [3.8, 4) is 0 Å². The van der Waals surface area contributed by atoms with E-state index in [-0.39, 0.29) is 0 Å². The van der Waals surface area contributed by atoms with Crippen molar-refractivity contribution in [2.24, 2.45) is 0 Å². The van der Waals surface area contributed by atoms with Gasteiger partial charge < -0.3 is 0 Å². The Labute approximate surface area is 58.4 Å². The van der Waals surface area contributed by atoms with Gasteiger partial charge in [0.05, 0.1) is 0 Å². The Balaban J connectivity index is 2.65. The number of alkyl halides is 1. The molecule has 0 fully saturated rings. The topological polar surface area (TPSA) is 20.1 Å². The summed E-state index contributed by atoms with van der Waals surface area (Å²) in [5.74, 6) is 0.448. The summed E-state index contributed by atoms with van der Waals surface area (Å²) in [5, 5.41) is 0. The molecule has 0 amide bonds. The van der Waals surface area contributed by atoms with Crippen LogP contribution in [0.4, 0.5) is 0 Å². The Bertz CT molecular complexity index is 183. The highest BCUT2D eigenvalue weighted by molar-refractivity contribution is 6.19. The minimum Gasteiger partial charge on any atom is -0.122 e. The molecule has 0 atom stereocenters. The average Bonchev–Trinajstić information content (AvgIpc) is 1.88. The second-order valence-electron chi connectivity index (χ2n) is 1.88. The van der Waals surface area contributed by atoms with Crippen LogP contribution in [-0.4, -0.2) is 17.2 Å². The lowest BCUT2D eigenvalue weighted by atomic mass is 10.2.